The summed E-state index contributed by atoms with van der Waals surface area (Å²) in [6, 6.07) is 13.2. The molecule has 4 rings (SSSR count). The van der Waals surface area contributed by atoms with Gasteiger partial charge in [-0.1, -0.05) is 24.3 Å². The van der Waals surface area contributed by atoms with Crippen molar-refractivity contribution in [2.24, 2.45) is 5.92 Å². The Balaban J connectivity index is 1.54. The maximum Gasteiger partial charge on any atom is 0.255 e. The maximum absolute atomic E-state index is 12.8. The molecule has 0 saturated heterocycles. The first-order chi connectivity index (χ1) is 12.2. The average Bonchev–Trinajstić information content (AvgIpc) is 3.03. The smallest absolute Gasteiger partial charge is 0.255 e. The van der Waals surface area contributed by atoms with Gasteiger partial charge in [0.25, 0.3) is 5.91 Å². The van der Waals surface area contributed by atoms with E-state index in [4.69, 9.17) is 4.42 Å². The third-order valence-corrected chi connectivity index (χ3v) is 4.92. The molecule has 2 N–H and O–H groups in total. The average molecular weight is 336 g/mol. The molecule has 1 amide bonds. The number of amides is 1. The van der Waals surface area contributed by atoms with Crippen LogP contribution in [0.4, 0.5) is 0 Å². The monoisotopic (exact) mass is 336 g/mol. The van der Waals surface area contributed by atoms with Crippen molar-refractivity contribution in [1.29, 1.82) is 0 Å². The number of fused-ring (bicyclic) bond motifs is 1. The predicted octanol–water partition coefficient (Wildman–Crippen LogP) is 2.94. The summed E-state index contributed by atoms with van der Waals surface area (Å²) in [6.07, 6.45) is 5.08. The van der Waals surface area contributed by atoms with Gasteiger partial charge in [0.15, 0.2) is 0 Å². The third kappa shape index (κ3) is 3.28. The molecule has 1 aliphatic rings. The topological polar surface area (TPSA) is 75.4 Å². The molecule has 0 bridgehead atoms. The van der Waals surface area contributed by atoms with Gasteiger partial charge in [0, 0.05) is 29.7 Å². The molecule has 1 saturated carbocycles. The molecule has 128 valence electrons. The van der Waals surface area contributed by atoms with Crippen molar-refractivity contribution >= 4 is 16.9 Å². The van der Waals surface area contributed by atoms with Crippen LogP contribution in [0.25, 0.3) is 11.0 Å². The number of para-hydroxylation sites is 1. The number of pyridine rings is 1. The molecule has 0 aliphatic heterocycles. The summed E-state index contributed by atoms with van der Waals surface area (Å²) in [5.41, 5.74) is 2.18. The molecule has 0 spiro atoms. The van der Waals surface area contributed by atoms with Crippen LogP contribution in [0.1, 0.15) is 28.9 Å². The van der Waals surface area contributed by atoms with Gasteiger partial charge in [-0.05, 0) is 37.0 Å². The van der Waals surface area contributed by atoms with Crippen molar-refractivity contribution in [3.63, 3.8) is 0 Å². The third-order valence-electron chi connectivity index (χ3n) is 4.92. The van der Waals surface area contributed by atoms with E-state index >= 15 is 0 Å². The summed E-state index contributed by atoms with van der Waals surface area (Å²) in [4.78, 5) is 17.2. The van der Waals surface area contributed by atoms with E-state index in [1.54, 1.807) is 6.20 Å². The molecule has 2 heterocycles. The van der Waals surface area contributed by atoms with Crippen LogP contribution in [0.5, 0.6) is 0 Å². The molecule has 25 heavy (non-hydrogen) atoms. The van der Waals surface area contributed by atoms with E-state index in [9.17, 15) is 9.90 Å². The molecule has 5 nitrogen and oxygen atoms in total. The number of carbonyl (C=O) groups excluding carboxylic acids is 1. The maximum atomic E-state index is 12.8. The number of benzene rings is 1. The summed E-state index contributed by atoms with van der Waals surface area (Å²) < 4.78 is 5.47. The van der Waals surface area contributed by atoms with Crippen LogP contribution in [0.3, 0.4) is 0 Å². The first kappa shape index (κ1) is 15.8. The lowest BCUT2D eigenvalue weighted by Gasteiger charge is -2.38. The number of rotatable bonds is 5. The van der Waals surface area contributed by atoms with E-state index in [2.05, 4.69) is 10.3 Å². The van der Waals surface area contributed by atoms with Crippen LogP contribution < -0.4 is 5.32 Å². The predicted molar refractivity (Wildman–Crippen MR) is 94.1 cm³/mol. The lowest BCUT2D eigenvalue weighted by molar-refractivity contribution is 0.0238. The highest BCUT2D eigenvalue weighted by molar-refractivity contribution is 6.06. The van der Waals surface area contributed by atoms with Gasteiger partial charge in [-0.3, -0.25) is 9.78 Å². The second-order valence-corrected chi connectivity index (χ2v) is 6.64. The van der Waals surface area contributed by atoms with Crippen molar-refractivity contribution in [3.05, 3.63) is 66.2 Å². The van der Waals surface area contributed by atoms with Gasteiger partial charge in [0.05, 0.1) is 11.7 Å². The Kier molecular flexibility index (Phi) is 4.24. The van der Waals surface area contributed by atoms with E-state index in [1.807, 2.05) is 42.5 Å². The Bertz CT molecular complexity index is 869. The lowest BCUT2D eigenvalue weighted by atomic mass is 9.76. The Morgan fingerprint density at radius 2 is 2.04 bits per heavy atom. The molecular weight excluding hydrogens is 316 g/mol. The fourth-order valence-electron chi connectivity index (χ4n) is 3.44. The summed E-state index contributed by atoms with van der Waals surface area (Å²) in [5.74, 6) is 0.117. The number of hydrogen-bond donors (Lipinski definition) is 2. The van der Waals surface area contributed by atoms with Gasteiger partial charge in [0.2, 0.25) is 0 Å². The zero-order chi connectivity index (χ0) is 17.2. The van der Waals surface area contributed by atoms with Crippen LogP contribution in [0.2, 0.25) is 0 Å². The normalized spacial score (nSPS) is 20.8. The number of aliphatic hydroxyl groups is 1. The highest BCUT2D eigenvalue weighted by Gasteiger charge is 2.35. The molecule has 1 fully saturated rings. The minimum absolute atomic E-state index is 0.0561. The van der Waals surface area contributed by atoms with Gasteiger partial charge < -0.3 is 14.8 Å². The van der Waals surface area contributed by atoms with Crippen LogP contribution in [-0.2, 0) is 6.42 Å². The Hall–Kier alpha value is -2.66. The van der Waals surface area contributed by atoms with Gasteiger partial charge in [-0.25, -0.2) is 0 Å². The number of aliphatic hydroxyl groups excluding tert-OH is 1. The fourth-order valence-corrected chi connectivity index (χ4v) is 3.44. The van der Waals surface area contributed by atoms with Crippen molar-refractivity contribution in [2.45, 2.75) is 31.4 Å². The Morgan fingerprint density at radius 1 is 1.24 bits per heavy atom. The molecule has 3 aromatic rings. The fraction of sp³-hybridized carbons (Fsp3) is 0.300. The zero-order valence-electron chi connectivity index (χ0n) is 13.8. The standard InChI is InChI=1S/C20H20N2O3/c23-15-9-13(10-15)18(11-14-5-3-4-8-21-14)22-20(24)17-12-25-19-7-2-1-6-16(17)19/h1-8,12-13,15,18,23H,9-11H2,(H,22,24). The molecule has 0 radical (unpaired) electrons. The minimum atomic E-state index is -0.261. The number of carbonyl (C=O) groups is 1. The van der Waals surface area contributed by atoms with Crippen molar-refractivity contribution in [1.82, 2.24) is 10.3 Å². The number of nitrogens with one attached hydrogen (secondary N) is 1. The minimum Gasteiger partial charge on any atom is -0.463 e. The van der Waals surface area contributed by atoms with Crippen molar-refractivity contribution in [3.8, 4) is 0 Å². The molecule has 2 aromatic heterocycles. The van der Waals surface area contributed by atoms with Crippen molar-refractivity contribution < 1.29 is 14.3 Å². The van der Waals surface area contributed by atoms with E-state index in [0.717, 1.165) is 11.1 Å². The van der Waals surface area contributed by atoms with Crippen LogP contribution in [0.15, 0.2) is 59.3 Å². The van der Waals surface area contributed by atoms with E-state index in [-0.39, 0.29) is 24.0 Å². The molecule has 5 heteroatoms. The summed E-state index contributed by atoms with van der Waals surface area (Å²) >= 11 is 0. The lowest BCUT2D eigenvalue weighted by Crippen LogP contribution is -2.48. The number of aromatic nitrogens is 1. The van der Waals surface area contributed by atoms with Crippen LogP contribution >= 0.6 is 0 Å². The quantitative estimate of drug-likeness (QED) is 0.751. The molecule has 1 aromatic carbocycles. The van der Waals surface area contributed by atoms with Crippen LogP contribution in [-0.4, -0.2) is 28.1 Å². The molecule has 1 atom stereocenters. The zero-order valence-corrected chi connectivity index (χ0v) is 13.8. The van der Waals surface area contributed by atoms with Gasteiger partial charge in [-0.15, -0.1) is 0 Å². The second kappa shape index (κ2) is 6.69. The Labute approximate surface area is 145 Å². The van der Waals surface area contributed by atoms with Gasteiger partial charge >= 0.3 is 0 Å². The largest absolute Gasteiger partial charge is 0.463 e. The first-order valence-electron chi connectivity index (χ1n) is 8.56. The molecule has 1 unspecified atom stereocenters. The van der Waals surface area contributed by atoms with Gasteiger partial charge in [0.1, 0.15) is 11.8 Å². The first-order valence-corrected chi connectivity index (χ1v) is 8.56. The Morgan fingerprint density at radius 3 is 2.80 bits per heavy atom. The van der Waals surface area contributed by atoms with E-state index in [1.165, 1.54) is 6.26 Å². The summed E-state index contributed by atoms with van der Waals surface area (Å²) in [5, 5.41) is 13.6. The molecular formula is C20H20N2O3. The second-order valence-electron chi connectivity index (χ2n) is 6.64. The van der Waals surface area contributed by atoms with Gasteiger partial charge in [-0.2, -0.15) is 0 Å². The van der Waals surface area contributed by atoms with E-state index < -0.39 is 0 Å². The number of hydrogen-bond acceptors (Lipinski definition) is 4. The number of furan rings is 1. The highest BCUT2D eigenvalue weighted by Crippen LogP contribution is 2.32. The van der Waals surface area contributed by atoms with Crippen LogP contribution in [0, 0.1) is 5.92 Å². The summed E-state index contributed by atoms with van der Waals surface area (Å²) in [7, 11) is 0. The highest BCUT2D eigenvalue weighted by atomic mass is 16.3. The summed E-state index contributed by atoms with van der Waals surface area (Å²) in [6.45, 7) is 0. The SMILES string of the molecule is O=C(NC(Cc1ccccn1)C1CC(O)C1)c1coc2ccccc12. The van der Waals surface area contributed by atoms with E-state index in [0.29, 0.717) is 30.4 Å². The number of nitrogens with zero attached hydrogens (tertiary/aromatic N) is 1. The van der Waals surface area contributed by atoms with Crippen molar-refractivity contribution in [2.75, 3.05) is 0 Å². The molecule has 1 aliphatic carbocycles.